The first kappa shape index (κ1) is 42.2. The molecule has 77 heavy (non-hydrogen) atoms. The van der Waals surface area contributed by atoms with Gasteiger partial charge in [0.15, 0.2) is 0 Å². The lowest BCUT2D eigenvalue weighted by Crippen LogP contribution is -2.28. The molecule has 1 aliphatic carbocycles. The fourth-order valence-electron chi connectivity index (χ4n) is 14.0. The van der Waals surface area contributed by atoms with Crippen molar-refractivity contribution in [1.82, 2.24) is 18.3 Å². The molecule has 4 aromatic heterocycles. The average Bonchev–Trinajstić information content (AvgIpc) is 4.49. The third-order valence-corrected chi connectivity index (χ3v) is 17.0. The Morgan fingerprint density at radius 3 is 0.779 bits per heavy atom. The predicted octanol–water partition coefficient (Wildman–Crippen LogP) is 18.4. The molecule has 0 aliphatic heterocycles. The summed E-state index contributed by atoms with van der Waals surface area (Å²) >= 11 is 0. The van der Waals surface area contributed by atoms with E-state index in [2.05, 4.69) is 297 Å². The molecule has 4 nitrogen and oxygen atoms in total. The molecule has 12 aromatic carbocycles. The molecule has 0 bridgehead atoms. The van der Waals surface area contributed by atoms with Gasteiger partial charge >= 0.3 is 0 Å². The summed E-state index contributed by atoms with van der Waals surface area (Å²) in [5.41, 5.74) is 21.1. The zero-order valence-corrected chi connectivity index (χ0v) is 41.8. The van der Waals surface area contributed by atoms with Gasteiger partial charge in [0.2, 0.25) is 0 Å². The Balaban J connectivity index is 0.898. The second-order valence-corrected chi connectivity index (χ2v) is 20.7. The van der Waals surface area contributed by atoms with E-state index in [0.717, 1.165) is 22.7 Å². The van der Waals surface area contributed by atoms with Gasteiger partial charge in [0, 0.05) is 65.8 Å². The first-order chi connectivity index (χ1) is 38.3. The highest BCUT2D eigenvalue weighted by Gasteiger charge is 2.46. The summed E-state index contributed by atoms with van der Waals surface area (Å²) in [6.45, 7) is 0. The van der Waals surface area contributed by atoms with Crippen LogP contribution in [0.1, 0.15) is 22.3 Å². The van der Waals surface area contributed by atoms with Gasteiger partial charge < -0.3 is 18.3 Å². The Hall–Kier alpha value is -10.2. The van der Waals surface area contributed by atoms with Crippen molar-refractivity contribution < 1.29 is 0 Å². The van der Waals surface area contributed by atoms with Gasteiger partial charge in [-0.15, -0.1) is 0 Å². The van der Waals surface area contributed by atoms with Gasteiger partial charge in [0.25, 0.3) is 0 Å². The Kier molecular flexibility index (Phi) is 8.73. The van der Waals surface area contributed by atoms with Gasteiger partial charge in [0.1, 0.15) is 0 Å². The molecule has 4 heteroatoms. The highest BCUT2D eigenvalue weighted by Crippen LogP contribution is 2.56. The maximum atomic E-state index is 2.51. The maximum Gasteiger partial charge on any atom is 0.0788 e. The number of nitrogens with zero attached hydrogens (tertiary/aromatic N) is 4. The fourth-order valence-corrected chi connectivity index (χ4v) is 14.0. The Morgan fingerprint density at radius 1 is 0.195 bits per heavy atom. The van der Waals surface area contributed by atoms with Crippen LogP contribution in [0.25, 0.3) is 121 Å². The smallest absolute Gasteiger partial charge is 0.0788 e. The van der Waals surface area contributed by atoms with Crippen molar-refractivity contribution >= 4 is 87.2 Å². The molecule has 0 atom stereocenters. The van der Waals surface area contributed by atoms with Gasteiger partial charge in [0.05, 0.1) is 49.5 Å². The number of rotatable bonds is 6. The molecule has 0 unspecified atom stereocenters. The Labute approximate surface area is 443 Å². The Morgan fingerprint density at radius 2 is 0.455 bits per heavy atom. The largest absolute Gasteiger partial charge is 0.307 e. The molecular weight excluding hydrogens is 933 g/mol. The van der Waals surface area contributed by atoms with E-state index < -0.39 is 5.41 Å². The zero-order chi connectivity index (χ0) is 50.3. The topological polar surface area (TPSA) is 19.7 Å². The summed E-state index contributed by atoms with van der Waals surface area (Å²) in [5.74, 6) is 0. The molecule has 0 N–H and O–H groups in total. The van der Waals surface area contributed by atoms with E-state index >= 15 is 0 Å². The molecule has 0 saturated heterocycles. The lowest BCUT2D eigenvalue weighted by Gasteiger charge is -2.34. The van der Waals surface area contributed by atoms with Crippen molar-refractivity contribution in [2.75, 3.05) is 0 Å². The number of hydrogen-bond donors (Lipinski definition) is 0. The van der Waals surface area contributed by atoms with Crippen LogP contribution in [0.3, 0.4) is 0 Å². The van der Waals surface area contributed by atoms with Crippen LogP contribution >= 0.6 is 0 Å². The number of hydrogen-bond acceptors (Lipinski definition) is 0. The summed E-state index contributed by atoms with van der Waals surface area (Å²) in [5, 5.41) is 9.91. The van der Waals surface area contributed by atoms with Gasteiger partial charge in [-0.3, -0.25) is 0 Å². The van der Waals surface area contributed by atoms with Crippen molar-refractivity contribution in [3.05, 3.63) is 301 Å². The third kappa shape index (κ3) is 5.65. The fraction of sp³-hybridized carbons (Fsp3) is 0.0137. The van der Waals surface area contributed by atoms with E-state index in [1.807, 2.05) is 0 Å². The standard InChI is InChI=1S/C73H46N4/c1-3-19-49(20-4-1)74-65-31-15-9-25-55(65)59-43-45-61-57-27-11-17-33-67(57)76(71(61)69(59)74)51-39-35-47(36-40-51)73(63-29-13-7-23-53(63)54-24-8-14-30-64(54)73)48-37-41-52(42-38-48)77-68-34-18-12-28-58(68)62-46-44-60-56-26-10-16-32-66(56)75(70(60)72(62)77)50-21-5-2-6-22-50/h1-46H. The monoisotopic (exact) mass is 978 g/mol. The molecule has 4 heterocycles. The normalized spacial score (nSPS) is 13.0. The highest BCUT2D eigenvalue weighted by atomic mass is 15.1. The van der Waals surface area contributed by atoms with Gasteiger partial charge in [-0.25, -0.2) is 0 Å². The second-order valence-electron chi connectivity index (χ2n) is 20.7. The lowest BCUT2D eigenvalue weighted by atomic mass is 9.67. The minimum Gasteiger partial charge on any atom is -0.307 e. The summed E-state index contributed by atoms with van der Waals surface area (Å²) in [6, 6.07) is 104. The average molecular weight is 979 g/mol. The summed E-state index contributed by atoms with van der Waals surface area (Å²) in [4.78, 5) is 0. The first-order valence-electron chi connectivity index (χ1n) is 26.7. The van der Waals surface area contributed by atoms with E-state index in [0.29, 0.717) is 0 Å². The van der Waals surface area contributed by atoms with Gasteiger partial charge in [-0.05, 0) is 106 Å². The lowest BCUT2D eigenvalue weighted by molar-refractivity contribution is 0.767. The number of para-hydroxylation sites is 6. The molecule has 0 saturated carbocycles. The van der Waals surface area contributed by atoms with Crippen molar-refractivity contribution in [3.8, 4) is 33.9 Å². The molecule has 358 valence electrons. The van der Waals surface area contributed by atoms with Crippen LogP contribution < -0.4 is 0 Å². The zero-order valence-electron chi connectivity index (χ0n) is 41.8. The van der Waals surface area contributed by atoms with Crippen molar-refractivity contribution in [2.24, 2.45) is 0 Å². The summed E-state index contributed by atoms with van der Waals surface area (Å²) in [7, 11) is 0. The van der Waals surface area contributed by atoms with Gasteiger partial charge in [-0.2, -0.15) is 0 Å². The number of benzene rings is 12. The van der Waals surface area contributed by atoms with E-state index in [1.165, 1.54) is 121 Å². The second kappa shape index (κ2) is 15.9. The minimum absolute atomic E-state index is 0.605. The molecule has 0 amide bonds. The predicted molar refractivity (Wildman–Crippen MR) is 321 cm³/mol. The van der Waals surface area contributed by atoms with E-state index in [9.17, 15) is 0 Å². The maximum absolute atomic E-state index is 2.51. The van der Waals surface area contributed by atoms with Crippen molar-refractivity contribution in [2.45, 2.75) is 5.41 Å². The van der Waals surface area contributed by atoms with Crippen LogP contribution in [0, 0.1) is 0 Å². The quantitative estimate of drug-likeness (QED) is 0.158. The highest BCUT2D eigenvalue weighted by molar-refractivity contribution is 6.25. The summed E-state index contributed by atoms with van der Waals surface area (Å²) < 4.78 is 9.94. The van der Waals surface area contributed by atoms with Crippen molar-refractivity contribution in [1.29, 1.82) is 0 Å². The summed E-state index contributed by atoms with van der Waals surface area (Å²) in [6.07, 6.45) is 0. The molecule has 0 radical (unpaired) electrons. The first-order valence-corrected chi connectivity index (χ1v) is 26.7. The van der Waals surface area contributed by atoms with Crippen LogP contribution in [-0.4, -0.2) is 18.3 Å². The van der Waals surface area contributed by atoms with Crippen LogP contribution in [0.15, 0.2) is 279 Å². The molecule has 1 aliphatic rings. The van der Waals surface area contributed by atoms with Crippen LogP contribution in [0.2, 0.25) is 0 Å². The molecule has 0 fully saturated rings. The van der Waals surface area contributed by atoms with Crippen molar-refractivity contribution in [3.63, 3.8) is 0 Å². The van der Waals surface area contributed by atoms with Crippen LogP contribution in [0.4, 0.5) is 0 Å². The van der Waals surface area contributed by atoms with E-state index in [1.54, 1.807) is 0 Å². The minimum atomic E-state index is -0.605. The molecule has 16 aromatic rings. The molecule has 17 rings (SSSR count). The number of aromatic nitrogens is 4. The number of fused-ring (bicyclic) bond motifs is 17. The van der Waals surface area contributed by atoms with E-state index in [-0.39, 0.29) is 0 Å². The molecular formula is C73H46N4. The van der Waals surface area contributed by atoms with E-state index in [4.69, 9.17) is 0 Å². The van der Waals surface area contributed by atoms with Crippen LogP contribution in [0.5, 0.6) is 0 Å². The van der Waals surface area contributed by atoms with Crippen LogP contribution in [-0.2, 0) is 5.41 Å². The van der Waals surface area contributed by atoms with Gasteiger partial charge in [-0.1, -0.05) is 206 Å². The third-order valence-electron chi connectivity index (χ3n) is 17.0. The SMILES string of the molecule is c1ccc(-n2c3ccccc3c3ccc4c5ccccc5n(-c5ccc(C6(c7ccc(-n8c9ccccc9c9ccc%10c%11ccccc%11n(-c%11ccccc%11)c%10c98)cc7)c7ccccc7-c7ccccc76)cc5)c4c32)cc1. The molecule has 0 spiro atoms. The Bertz CT molecular complexity index is 4750.